The third kappa shape index (κ3) is 10.4. The summed E-state index contributed by atoms with van der Waals surface area (Å²) in [5.41, 5.74) is -0.520. The third-order valence-corrected chi connectivity index (χ3v) is 15.1. The molecule has 5 aliphatic rings. The van der Waals surface area contributed by atoms with Crippen molar-refractivity contribution in [2.45, 2.75) is 173 Å². The van der Waals surface area contributed by atoms with Gasteiger partial charge >= 0.3 is 6.03 Å². The van der Waals surface area contributed by atoms with Crippen LogP contribution in [0.1, 0.15) is 150 Å². The second-order valence-electron chi connectivity index (χ2n) is 17.8. The normalized spacial score (nSPS) is 24.8. The van der Waals surface area contributed by atoms with Gasteiger partial charge in [0, 0.05) is 43.5 Å². The Morgan fingerprint density at radius 3 is 2.13 bits per heavy atom. The number of carbonyl (C=O) groups is 4. The molecule has 0 bridgehead atoms. The Balaban J connectivity index is 1.47. The van der Waals surface area contributed by atoms with E-state index in [1.165, 1.54) is 4.31 Å². The van der Waals surface area contributed by atoms with E-state index < -0.39 is 44.9 Å². The molecule has 13 heteroatoms. The van der Waals surface area contributed by atoms with Gasteiger partial charge in [0.15, 0.2) is 0 Å². The Kier molecular flexibility index (Phi) is 14.2. The fourth-order valence-electron chi connectivity index (χ4n) is 9.54. The van der Waals surface area contributed by atoms with Crippen LogP contribution in [0.5, 0.6) is 0 Å². The minimum Gasteiger partial charge on any atom is -0.377 e. The first-order valence-electron chi connectivity index (χ1n) is 21.3. The first-order valence-corrected chi connectivity index (χ1v) is 22.9. The zero-order chi connectivity index (χ0) is 39.3. The van der Waals surface area contributed by atoms with Gasteiger partial charge in [0.1, 0.15) is 5.54 Å². The standard InChI is InChI=1S/C41H70N6O6S/c1-7-41(32-15-11-9-12-16-32,45-39(51)44-40(22-13-10-14-23-40)27-54(52,53)46(6)8-2)38(50)47-24-21-31(25-28(3)4)35(47)29(5)42-34(26-30-17-18-30)36(48)37(49)43-33-19-20-33/h28,30-34,42H,7-27H2,1-6H3,(H,43,49)(H2,44,45,51). The van der Waals surface area contributed by atoms with E-state index in [-0.39, 0.29) is 29.5 Å². The molecule has 3 atom stereocenters. The maximum absolute atomic E-state index is 15.4. The number of urea groups is 1. The van der Waals surface area contributed by atoms with Crippen LogP contribution >= 0.6 is 0 Å². The van der Waals surface area contributed by atoms with Crippen LogP contribution in [0.15, 0.2) is 11.4 Å². The number of nitrogens with zero attached hydrogens (tertiary/aromatic N) is 2. The largest absolute Gasteiger partial charge is 0.377 e. The molecule has 1 heterocycles. The van der Waals surface area contributed by atoms with Crippen LogP contribution in [0.4, 0.5) is 4.79 Å². The summed E-state index contributed by atoms with van der Waals surface area (Å²) in [6.45, 7) is 10.9. The summed E-state index contributed by atoms with van der Waals surface area (Å²) in [4.78, 5) is 58.3. The van der Waals surface area contributed by atoms with Crippen LogP contribution in [0.25, 0.3) is 0 Å². The Labute approximate surface area is 325 Å². The lowest BCUT2D eigenvalue weighted by atomic mass is 9.72. The number of ketones is 1. The van der Waals surface area contributed by atoms with Crippen molar-refractivity contribution in [2.24, 2.45) is 23.7 Å². The van der Waals surface area contributed by atoms with Gasteiger partial charge in [0.05, 0.1) is 17.3 Å². The highest BCUT2D eigenvalue weighted by Gasteiger charge is 2.51. The molecule has 0 spiro atoms. The van der Waals surface area contributed by atoms with Crippen LogP contribution < -0.4 is 21.3 Å². The molecule has 4 N–H and O–H groups in total. The maximum atomic E-state index is 15.4. The second kappa shape index (κ2) is 18.1. The first kappa shape index (κ1) is 42.5. The topological polar surface area (TPSA) is 157 Å². The van der Waals surface area contributed by atoms with Gasteiger partial charge in [0.2, 0.25) is 15.8 Å². The molecule has 1 aliphatic heterocycles. The van der Waals surface area contributed by atoms with Crippen molar-refractivity contribution >= 4 is 33.7 Å². The van der Waals surface area contributed by atoms with Crippen molar-refractivity contribution in [2.75, 3.05) is 25.9 Å². The molecule has 1 saturated heterocycles. The lowest BCUT2D eigenvalue weighted by Gasteiger charge is -2.45. The van der Waals surface area contributed by atoms with Gasteiger partial charge in [0.25, 0.3) is 11.8 Å². The van der Waals surface area contributed by atoms with E-state index in [0.717, 1.165) is 101 Å². The summed E-state index contributed by atoms with van der Waals surface area (Å²) in [5.74, 6) is -0.534. The number of likely N-dealkylation sites (tertiary alicyclic amines) is 1. The number of hydrogen-bond acceptors (Lipinski definition) is 7. The fraction of sp³-hybridized carbons (Fsp3) is 0.854. The number of nitrogens with one attached hydrogen (secondary N) is 4. The van der Waals surface area contributed by atoms with E-state index in [0.29, 0.717) is 50.6 Å². The zero-order valence-corrected chi connectivity index (χ0v) is 34.9. The summed E-state index contributed by atoms with van der Waals surface area (Å²) in [6, 6.07) is -1.07. The molecule has 12 nitrogen and oxygen atoms in total. The molecule has 5 rings (SSSR count). The van der Waals surface area contributed by atoms with Gasteiger partial charge in [-0.25, -0.2) is 17.5 Å². The molecule has 4 aliphatic carbocycles. The van der Waals surface area contributed by atoms with Gasteiger partial charge in [-0.1, -0.05) is 79.1 Å². The zero-order valence-electron chi connectivity index (χ0n) is 34.1. The number of carbonyl (C=O) groups excluding carboxylic acids is 4. The molecule has 0 aromatic rings. The van der Waals surface area contributed by atoms with Crippen molar-refractivity contribution in [3.8, 4) is 0 Å². The van der Waals surface area contributed by atoms with Gasteiger partial charge in [-0.3, -0.25) is 14.4 Å². The Hall–Kier alpha value is -2.67. The van der Waals surface area contributed by atoms with Gasteiger partial charge in [-0.2, -0.15) is 0 Å². The Morgan fingerprint density at radius 1 is 0.907 bits per heavy atom. The summed E-state index contributed by atoms with van der Waals surface area (Å²) >= 11 is 0. The molecule has 3 unspecified atom stereocenters. The quantitative estimate of drug-likeness (QED) is 0.130. The number of allylic oxidation sites excluding steroid dienone is 2. The van der Waals surface area contributed by atoms with Crippen molar-refractivity contribution in [1.29, 1.82) is 0 Å². The van der Waals surface area contributed by atoms with Gasteiger partial charge in [-0.15, -0.1) is 0 Å². The highest BCUT2D eigenvalue weighted by molar-refractivity contribution is 7.89. The lowest BCUT2D eigenvalue weighted by Crippen LogP contribution is -2.67. The minimum absolute atomic E-state index is 0.0689. The Morgan fingerprint density at radius 2 is 1.56 bits per heavy atom. The van der Waals surface area contributed by atoms with E-state index in [1.54, 1.807) is 14.0 Å². The molecule has 4 saturated carbocycles. The van der Waals surface area contributed by atoms with Crippen LogP contribution in [-0.2, 0) is 24.4 Å². The molecular formula is C41H70N6O6S. The SMILES string of the molecule is CCN(C)S(=O)(=O)CC1(NC(=O)NC(CC)(C(=O)N2CCC(CC(C)C)C2=C(C)NC(CC2CC2)C(=O)C(=O)NC2CC2)C2CCCCC2)CCCCC1. The number of hydrogen-bond donors (Lipinski definition) is 4. The number of amides is 4. The van der Waals surface area contributed by atoms with E-state index in [2.05, 4.69) is 35.1 Å². The molecule has 0 radical (unpaired) electrons. The summed E-state index contributed by atoms with van der Waals surface area (Å²) in [5, 5.41) is 12.8. The highest BCUT2D eigenvalue weighted by Crippen LogP contribution is 2.42. The maximum Gasteiger partial charge on any atom is 0.316 e. The number of Topliss-reactive ketones (excluding diaryl/α,β-unsaturated/α-hetero) is 1. The molecule has 306 valence electrons. The molecule has 0 aromatic carbocycles. The van der Waals surface area contributed by atoms with Crippen LogP contribution in [-0.4, -0.2) is 90.3 Å². The van der Waals surface area contributed by atoms with Crippen molar-refractivity contribution in [1.82, 2.24) is 30.5 Å². The monoisotopic (exact) mass is 775 g/mol. The molecule has 5 fully saturated rings. The van der Waals surface area contributed by atoms with Gasteiger partial charge in [-0.05, 0) is 88.9 Å². The molecule has 0 aromatic heterocycles. The molecular weight excluding hydrogens is 705 g/mol. The predicted molar refractivity (Wildman–Crippen MR) is 212 cm³/mol. The predicted octanol–water partition coefficient (Wildman–Crippen LogP) is 5.73. The van der Waals surface area contributed by atoms with Crippen LogP contribution in [0, 0.1) is 23.7 Å². The average Bonchev–Trinajstić information content (AvgIpc) is 4.08. The van der Waals surface area contributed by atoms with Crippen molar-refractivity contribution in [3.05, 3.63) is 11.4 Å². The fourth-order valence-corrected chi connectivity index (χ4v) is 11.2. The smallest absolute Gasteiger partial charge is 0.316 e. The van der Waals surface area contributed by atoms with Crippen molar-refractivity contribution < 1.29 is 27.6 Å². The lowest BCUT2D eigenvalue weighted by molar-refractivity contribution is -0.139. The first-order chi connectivity index (χ1) is 25.6. The number of rotatable bonds is 18. The van der Waals surface area contributed by atoms with E-state index >= 15 is 4.79 Å². The summed E-state index contributed by atoms with van der Waals surface area (Å²) in [6.07, 6.45) is 14.9. The molecule has 4 amide bonds. The molecule has 54 heavy (non-hydrogen) atoms. The number of sulfonamides is 1. The van der Waals surface area contributed by atoms with E-state index in [1.807, 2.05) is 18.7 Å². The van der Waals surface area contributed by atoms with Crippen molar-refractivity contribution in [3.63, 3.8) is 0 Å². The third-order valence-electron chi connectivity index (χ3n) is 13.0. The minimum atomic E-state index is -3.62. The summed E-state index contributed by atoms with van der Waals surface area (Å²) in [7, 11) is -2.04. The summed E-state index contributed by atoms with van der Waals surface area (Å²) < 4.78 is 28.1. The van der Waals surface area contributed by atoms with Crippen LogP contribution in [0.2, 0.25) is 0 Å². The Bertz CT molecular complexity index is 1490. The van der Waals surface area contributed by atoms with E-state index in [4.69, 9.17) is 0 Å². The van der Waals surface area contributed by atoms with Crippen LogP contribution in [0.3, 0.4) is 0 Å². The van der Waals surface area contributed by atoms with Gasteiger partial charge < -0.3 is 26.2 Å². The average molecular weight is 775 g/mol. The highest BCUT2D eigenvalue weighted by atomic mass is 32.2. The second-order valence-corrected chi connectivity index (χ2v) is 19.9. The van der Waals surface area contributed by atoms with E-state index in [9.17, 15) is 22.8 Å².